The SMILES string of the molecule is CCOC1(C(NC)c2cc(F)cc(F)c2)CCCCC1. The number of hydrogen-bond acceptors (Lipinski definition) is 2. The molecule has 0 heterocycles. The maximum absolute atomic E-state index is 13.5. The van der Waals surface area contributed by atoms with Crippen molar-refractivity contribution in [1.82, 2.24) is 5.32 Å². The van der Waals surface area contributed by atoms with Gasteiger partial charge in [-0.2, -0.15) is 0 Å². The molecule has 0 bridgehead atoms. The van der Waals surface area contributed by atoms with Crippen LogP contribution in [0.2, 0.25) is 0 Å². The Balaban J connectivity index is 2.36. The Bertz CT molecular complexity index is 418. The van der Waals surface area contributed by atoms with Crippen LogP contribution in [0.1, 0.15) is 50.6 Å². The molecule has 1 saturated carbocycles. The average molecular weight is 283 g/mol. The van der Waals surface area contributed by atoms with E-state index in [1.807, 2.05) is 14.0 Å². The zero-order chi connectivity index (χ0) is 14.6. The lowest BCUT2D eigenvalue weighted by atomic mass is 9.76. The van der Waals surface area contributed by atoms with E-state index >= 15 is 0 Å². The molecule has 1 aliphatic carbocycles. The monoisotopic (exact) mass is 283 g/mol. The van der Waals surface area contributed by atoms with Gasteiger partial charge in [-0.1, -0.05) is 19.3 Å². The summed E-state index contributed by atoms with van der Waals surface area (Å²) in [5, 5.41) is 3.21. The van der Waals surface area contributed by atoms with E-state index in [9.17, 15) is 8.78 Å². The van der Waals surface area contributed by atoms with Crippen molar-refractivity contribution in [3.8, 4) is 0 Å². The van der Waals surface area contributed by atoms with Gasteiger partial charge in [-0.3, -0.25) is 0 Å². The molecule has 1 aromatic rings. The van der Waals surface area contributed by atoms with E-state index in [0.29, 0.717) is 12.2 Å². The fourth-order valence-electron chi connectivity index (χ4n) is 3.43. The van der Waals surface area contributed by atoms with Crippen LogP contribution in [0.15, 0.2) is 18.2 Å². The van der Waals surface area contributed by atoms with Gasteiger partial charge in [0.15, 0.2) is 0 Å². The molecule has 1 aliphatic rings. The topological polar surface area (TPSA) is 21.3 Å². The summed E-state index contributed by atoms with van der Waals surface area (Å²) in [4.78, 5) is 0. The Kier molecular flexibility index (Phi) is 5.11. The van der Waals surface area contributed by atoms with Gasteiger partial charge in [0.25, 0.3) is 0 Å². The van der Waals surface area contributed by atoms with Gasteiger partial charge < -0.3 is 10.1 Å². The van der Waals surface area contributed by atoms with Gasteiger partial charge in [-0.15, -0.1) is 0 Å². The van der Waals surface area contributed by atoms with E-state index in [1.54, 1.807) is 0 Å². The van der Waals surface area contributed by atoms with Crippen molar-refractivity contribution in [3.63, 3.8) is 0 Å². The third-order valence-electron chi connectivity index (χ3n) is 4.16. The normalized spacial score (nSPS) is 19.8. The number of halogens is 2. The van der Waals surface area contributed by atoms with Gasteiger partial charge in [0, 0.05) is 12.7 Å². The summed E-state index contributed by atoms with van der Waals surface area (Å²) in [6, 6.07) is 3.52. The number of hydrogen-bond donors (Lipinski definition) is 1. The van der Waals surface area contributed by atoms with Crippen LogP contribution in [0.5, 0.6) is 0 Å². The molecule has 0 aliphatic heterocycles. The first-order chi connectivity index (χ1) is 9.61. The third-order valence-corrected chi connectivity index (χ3v) is 4.16. The minimum absolute atomic E-state index is 0.187. The molecular weight excluding hydrogens is 260 g/mol. The van der Waals surface area contributed by atoms with E-state index in [-0.39, 0.29) is 11.6 Å². The van der Waals surface area contributed by atoms with E-state index in [2.05, 4.69) is 5.32 Å². The molecule has 20 heavy (non-hydrogen) atoms. The molecular formula is C16H23F2NO. The molecule has 0 saturated heterocycles. The van der Waals surface area contributed by atoms with E-state index in [0.717, 1.165) is 31.7 Å². The quantitative estimate of drug-likeness (QED) is 0.883. The summed E-state index contributed by atoms with van der Waals surface area (Å²) in [7, 11) is 1.82. The molecule has 1 atom stereocenters. The summed E-state index contributed by atoms with van der Waals surface area (Å²) < 4.78 is 33.0. The predicted octanol–water partition coefficient (Wildman–Crippen LogP) is 3.96. The van der Waals surface area contributed by atoms with Crippen molar-refractivity contribution in [1.29, 1.82) is 0 Å². The first-order valence-electron chi connectivity index (χ1n) is 7.38. The molecule has 1 unspecified atom stereocenters. The second-order valence-corrected chi connectivity index (χ2v) is 5.48. The maximum atomic E-state index is 13.5. The highest BCUT2D eigenvalue weighted by molar-refractivity contribution is 5.25. The highest BCUT2D eigenvalue weighted by atomic mass is 19.1. The van der Waals surface area contributed by atoms with Gasteiger partial charge in [0.05, 0.1) is 11.6 Å². The van der Waals surface area contributed by atoms with Gasteiger partial charge in [-0.25, -0.2) is 8.78 Å². The molecule has 1 aromatic carbocycles. The molecule has 2 nitrogen and oxygen atoms in total. The van der Waals surface area contributed by atoms with Gasteiger partial charge >= 0.3 is 0 Å². The van der Waals surface area contributed by atoms with Gasteiger partial charge in [0.2, 0.25) is 0 Å². The van der Waals surface area contributed by atoms with Crippen molar-refractivity contribution in [2.24, 2.45) is 0 Å². The molecule has 0 spiro atoms. The minimum atomic E-state index is -0.539. The number of likely N-dealkylation sites (N-methyl/N-ethyl adjacent to an activating group) is 1. The molecule has 4 heteroatoms. The maximum Gasteiger partial charge on any atom is 0.126 e. The highest BCUT2D eigenvalue weighted by Crippen LogP contribution is 2.41. The third kappa shape index (κ3) is 3.18. The van der Waals surface area contributed by atoms with Crippen molar-refractivity contribution >= 4 is 0 Å². The molecule has 0 aromatic heterocycles. The van der Waals surface area contributed by atoms with Crippen LogP contribution >= 0.6 is 0 Å². The zero-order valence-corrected chi connectivity index (χ0v) is 12.2. The molecule has 2 rings (SSSR count). The lowest BCUT2D eigenvalue weighted by molar-refractivity contribution is -0.0899. The van der Waals surface area contributed by atoms with Crippen molar-refractivity contribution in [3.05, 3.63) is 35.4 Å². The van der Waals surface area contributed by atoms with Crippen LogP contribution in [0.3, 0.4) is 0 Å². The van der Waals surface area contributed by atoms with Crippen LogP contribution in [0.4, 0.5) is 8.78 Å². The highest BCUT2D eigenvalue weighted by Gasteiger charge is 2.41. The Morgan fingerprint density at radius 2 is 1.75 bits per heavy atom. The summed E-state index contributed by atoms with van der Waals surface area (Å²) >= 11 is 0. The second-order valence-electron chi connectivity index (χ2n) is 5.48. The molecule has 1 fully saturated rings. The fraction of sp³-hybridized carbons (Fsp3) is 0.625. The second kappa shape index (κ2) is 6.64. The van der Waals surface area contributed by atoms with Gasteiger partial charge in [-0.05, 0) is 44.5 Å². The van der Waals surface area contributed by atoms with E-state index in [4.69, 9.17) is 4.74 Å². The number of rotatable bonds is 5. The lowest BCUT2D eigenvalue weighted by Crippen LogP contribution is -2.46. The smallest absolute Gasteiger partial charge is 0.126 e. The van der Waals surface area contributed by atoms with Crippen LogP contribution in [0.25, 0.3) is 0 Å². The first kappa shape index (κ1) is 15.4. The molecule has 1 N–H and O–H groups in total. The molecule has 0 radical (unpaired) electrons. The average Bonchev–Trinajstić information content (AvgIpc) is 2.39. The Morgan fingerprint density at radius 3 is 2.25 bits per heavy atom. The largest absolute Gasteiger partial charge is 0.373 e. The first-order valence-corrected chi connectivity index (χ1v) is 7.38. The van der Waals surface area contributed by atoms with Crippen LogP contribution < -0.4 is 5.32 Å². The zero-order valence-electron chi connectivity index (χ0n) is 12.2. The summed E-state index contributed by atoms with van der Waals surface area (Å²) in [6.07, 6.45) is 5.23. The van der Waals surface area contributed by atoms with E-state index < -0.39 is 11.6 Å². The fourth-order valence-corrected chi connectivity index (χ4v) is 3.43. The van der Waals surface area contributed by atoms with Crippen molar-refractivity contribution in [2.75, 3.05) is 13.7 Å². The molecule has 0 amide bonds. The Labute approximate surface area is 119 Å². The molecule has 112 valence electrons. The summed E-state index contributed by atoms with van der Waals surface area (Å²) in [6.45, 7) is 2.57. The van der Waals surface area contributed by atoms with E-state index in [1.165, 1.54) is 18.6 Å². The number of benzene rings is 1. The summed E-state index contributed by atoms with van der Waals surface area (Å²) in [5.41, 5.74) is 0.266. The van der Waals surface area contributed by atoms with Crippen molar-refractivity contribution in [2.45, 2.75) is 50.7 Å². The number of nitrogens with one attached hydrogen (secondary N) is 1. The minimum Gasteiger partial charge on any atom is -0.373 e. The Hall–Kier alpha value is -1.00. The number of ether oxygens (including phenoxy) is 1. The summed E-state index contributed by atoms with van der Waals surface area (Å²) in [5.74, 6) is -1.08. The van der Waals surface area contributed by atoms with Crippen LogP contribution in [0, 0.1) is 11.6 Å². The predicted molar refractivity (Wildman–Crippen MR) is 75.6 cm³/mol. The van der Waals surface area contributed by atoms with Crippen LogP contribution in [-0.2, 0) is 4.74 Å². The van der Waals surface area contributed by atoms with Gasteiger partial charge in [0.1, 0.15) is 11.6 Å². The Morgan fingerprint density at radius 1 is 1.15 bits per heavy atom. The standard InChI is InChI=1S/C16H23F2NO/c1-3-20-16(7-5-4-6-8-16)15(19-2)12-9-13(17)11-14(18)10-12/h9-11,15,19H,3-8H2,1-2H3. The van der Waals surface area contributed by atoms with Crippen LogP contribution in [-0.4, -0.2) is 19.3 Å². The van der Waals surface area contributed by atoms with Crippen molar-refractivity contribution < 1.29 is 13.5 Å². The lowest BCUT2D eigenvalue weighted by Gasteiger charge is -2.43.